The minimum absolute atomic E-state index is 0.520. The van der Waals surface area contributed by atoms with Crippen molar-refractivity contribution in [3.63, 3.8) is 0 Å². The second-order valence-electron chi connectivity index (χ2n) is 9.77. The van der Waals surface area contributed by atoms with Crippen LogP contribution in [0.3, 0.4) is 0 Å². The standard InChI is InChI=1S/C22H36/c1-5-16-9-10-19-17-14-15(2)18-8-6-7-12-22(18,4)20(17)11-13-21(16,19)3/h7,12,15-20H,5-6,8-11,13-14H2,1-4H3/t15?,16-,17-,18?,19-,20-,21+,22-/m0/s1. The lowest BCUT2D eigenvalue weighted by Crippen LogP contribution is -2.54. The lowest BCUT2D eigenvalue weighted by atomic mass is 9.44. The first-order valence-electron chi connectivity index (χ1n) is 10.2. The predicted octanol–water partition coefficient (Wildman–Crippen LogP) is 6.47. The largest absolute Gasteiger partial charge is 0.0880 e. The van der Waals surface area contributed by atoms with Crippen LogP contribution < -0.4 is 0 Å². The van der Waals surface area contributed by atoms with E-state index in [2.05, 4.69) is 39.8 Å². The molecule has 0 bridgehead atoms. The number of fused-ring (bicyclic) bond motifs is 5. The van der Waals surface area contributed by atoms with Crippen LogP contribution in [0, 0.1) is 46.3 Å². The molecule has 3 fully saturated rings. The van der Waals surface area contributed by atoms with Crippen molar-refractivity contribution in [1.82, 2.24) is 0 Å². The van der Waals surface area contributed by atoms with Gasteiger partial charge in [0.05, 0.1) is 0 Å². The van der Waals surface area contributed by atoms with E-state index >= 15 is 0 Å². The fourth-order valence-corrected chi connectivity index (χ4v) is 8.11. The molecule has 4 aliphatic carbocycles. The van der Waals surface area contributed by atoms with Crippen molar-refractivity contribution >= 4 is 0 Å². The molecule has 0 aromatic heterocycles. The summed E-state index contributed by atoms with van der Waals surface area (Å²) in [5, 5.41) is 0. The molecule has 0 nitrogen and oxygen atoms in total. The first-order valence-corrected chi connectivity index (χ1v) is 10.2. The van der Waals surface area contributed by atoms with Crippen LogP contribution in [0.15, 0.2) is 12.2 Å². The number of hydrogen-bond acceptors (Lipinski definition) is 0. The minimum Gasteiger partial charge on any atom is -0.0880 e. The van der Waals surface area contributed by atoms with Crippen molar-refractivity contribution in [3.05, 3.63) is 12.2 Å². The lowest BCUT2D eigenvalue weighted by Gasteiger charge is -2.61. The summed E-state index contributed by atoms with van der Waals surface area (Å²) in [5.74, 6) is 5.96. The average Bonchev–Trinajstić information content (AvgIpc) is 2.84. The van der Waals surface area contributed by atoms with Gasteiger partial charge in [0, 0.05) is 0 Å². The molecule has 8 atom stereocenters. The molecule has 0 spiro atoms. The molecule has 0 radical (unpaired) electrons. The van der Waals surface area contributed by atoms with Gasteiger partial charge in [-0.05, 0) is 91.3 Å². The van der Waals surface area contributed by atoms with Gasteiger partial charge in [-0.1, -0.05) is 46.3 Å². The molecule has 0 saturated heterocycles. The Kier molecular flexibility index (Phi) is 3.55. The molecular weight excluding hydrogens is 264 g/mol. The molecule has 0 amide bonds. The highest BCUT2D eigenvalue weighted by Gasteiger charge is 2.59. The Morgan fingerprint density at radius 3 is 2.59 bits per heavy atom. The summed E-state index contributed by atoms with van der Waals surface area (Å²) in [6.45, 7) is 10.3. The van der Waals surface area contributed by atoms with Crippen molar-refractivity contribution in [2.75, 3.05) is 0 Å². The van der Waals surface area contributed by atoms with Crippen LogP contribution in [0.2, 0.25) is 0 Å². The Balaban J connectivity index is 1.69. The Morgan fingerprint density at radius 1 is 1.00 bits per heavy atom. The molecule has 0 heteroatoms. The number of hydrogen-bond donors (Lipinski definition) is 0. The van der Waals surface area contributed by atoms with Crippen molar-refractivity contribution in [2.45, 2.75) is 79.1 Å². The van der Waals surface area contributed by atoms with Gasteiger partial charge in [0.1, 0.15) is 0 Å². The predicted molar refractivity (Wildman–Crippen MR) is 94.6 cm³/mol. The highest BCUT2D eigenvalue weighted by molar-refractivity contribution is 5.16. The Bertz CT molecular complexity index is 463. The summed E-state index contributed by atoms with van der Waals surface area (Å²) in [6.07, 6.45) is 17.0. The molecule has 124 valence electrons. The Morgan fingerprint density at radius 2 is 1.82 bits per heavy atom. The highest BCUT2D eigenvalue weighted by atomic mass is 14.6. The van der Waals surface area contributed by atoms with E-state index in [-0.39, 0.29) is 0 Å². The van der Waals surface area contributed by atoms with E-state index in [1.807, 2.05) is 0 Å². The van der Waals surface area contributed by atoms with Crippen LogP contribution in [0.1, 0.15) is 79.1 Å². The molecule has 0 aromatic carbocycles. The summed E-state index contributed by atoms with van der Waals surface area (Å²) >= 11 is 0. The van der Waals surface area contributed by atoms with Crippen LogP contribution in [0.5, 0.6) is 0 Å². The molecule has 0 aromatic rings. The molecule has 0 N–H and O–H groups in total. The van der Waals surface area contributed by atoms with E-state index in [1.54, 1.807) is 0 Å². The summed E-state index contributed by atoms with van der Waals surface area (Å²) in [6, 6.07) is 0. The maximum atomic E-state index is 2.67. The second-order valence-corrected chi connectivity index (χ2v) is 9.77. The zero-order valence-corrected chi connectivity index (χ0v) is 15.3. The lowest BCUT2D eigenvalue weighted by molar-refractivity contribution is -0.0996. The van der Waals surface area contributed by atoms with E-state index < -0.39 is 0 Å². The summed E-state index contributed by atoms with van der Waals surface area (Å²) in [7, 11) is 0. The molecule has 0 heterocycles. The number of rotatable bonds is 1. The van der Waals surface area contributed by atoms with Crippen LogP contribution in [0.25, 0.3) is 0 Å². The van der Waals surface area contributed by atoms with Crippen LogP contribution >= 0.6 is 0 Å². The third-order valence-corrected chi connectivity index (χ3v) is 9.18. The smallest absolute Gasteiger partial charge is 0.00847 e. The molecule has 4 rings (SSSR count). The summed E-state index contributed by atoms with van der Waals surface area (Å²) < 4.78 is 0. The molecular formula is C22H36. The topological polar surface area (TPSA) is 0 Å². The minimum atomic E-state index is 0.520. The van der Waals surface area contributed by atoms with Gasteiger partial charge in [-0.15, -0.1) is 0 Å². The van der Waals surface area contributed by atoms with E-state index in [4.69, 9.17) is 0 Å². The van der Waals surface area contributed by atoms with E-state index in [1.165, 1.54) is 51.4 Å². The summed E-state index contributed by atoms with van der Waals surface area (Å²) in [4.78, 5) is 0. The Labute approximate surface area is 138 Å². The van der Waals surface area contributed by atoms with Crippen LogP contribution in [0.4, 0.5) is 0 Å². The SMILES string of the molecule is CC[C@H]1CC[C@H]2[C@@H]3CC(C)C4CCC=C[C@]4(C)[C@H]3CC[C@]12C. The first-order chi connectivity index (χ1) is 10.5. The van der Waals surface area contributed by atoms with Gasteiger partial charge >= 0.3 is 0 Å². The maximum absolute atomic E-state index is 2.67. The van der Waals surface area contributed by atoms with E-state index in [9.17, 15) is 0 Å². The van der Waals surface area contributed by atoms with Gasteiger partial charge < -0.3 is 0 Å². The summed E-state index contributed by atoms with van der Waals surface area (Å²) in [5.41, 5.74) is 1.20. The van der Waals surface area contributed by atoms with Gasteiger partial charge in [-0.2, -0.15) is 0 Å². The van der Waals surface area contributed by atoms with Crippen molar-refractivity contribution in [3.8, 4) is 0 Å². The molecule has 0 aliphatic heterocycles. The van der Waals surface area contributed by atoms with Gasteiger partial charge in [0.2, 0.25) is 0 Å². The fraction of sp³-hybridized carbons (Fsp3) is 0.909. The average molecular weight is 301 g/mol. The zero-order chi connectivity index (χ0) is 15.5. The quantitative estimate of drug-likeness (QED) is 0.487. The number of allylic oxidation sites excluding steroid dienone is 2. The van der Waals surface area contributed by atoms with Crippen molar-refractivity contribution in [2.24, 2.45) is 46.3 Å². The van der Waals surface area contributed by atoms with Crippen molar-refractivity contribution in [1.29, 1.82) is 0 Å². The van der Waals surface area contributed by atoms with Crippen LogP contribution in [-0.2, 0) is 0 Å². The second kappa shape index (κ2) is 5.12. The van der Waals surface area contributed by atoms with Gasteiger partial charge in [0.15, 0.2) is 0 Å². The first kappa shape index (κ1) is 15.3. The molecule has 3 saturated carbocycles. The van der Waals surface area contributed by atoms with E-state index in [0.717, 1.165) is 35.5 Å². The normalized spacial score (nSPS) is 57.1. The van der Waals surface area contributed by atoms with Crippen LogP contribution in [-0.4, -0.2) is 0 Å². The highest BCUT2D eigenvalue weighted by Crippen LogP contribution is 2.67. The van der Waals surface area contributed by atoms with Gasteiger partial charge in [-0.3, -0.25) is 0 Å². The third-order valence-electron chi connectivity index (χ3n) is 9.18. The van der Waals surface area contributed by atoms with Gasteiger partial charge in [0.25, 0.3) is 0 Å². The molecule has 22 heavy (non-hydrogen) atoms. The molecule has 4 aliphatic rings. The Hall–Kier alpha value is -0.260. The van der Waals surface area contributed by atoms with E-state index in [0.29, 0.717) is 10.8 Å². The van der Waals surface area contributed by atoms with Gasteiger partial charge in [-0.25, -0.2) is 0 Å². The monoisotopic (exact) mass is 300 g/mol. The van der Waals surface area contributed by atoms with Crippen molar-refractivity contribution < 1.29 is 0 Å². The third kappa shape index (κ3) is 1.88. The maximum Gasteiger partial charge on any atom is -0.00847 e. The molecule has 2 unspecified atom stereocenters. The zero-order valence-electron chi connectivity index (χ0n) is 15.3. The fourth-order valence-electron chi connectivity index (χ4n) is 8.11.